The molecule has 1 atom stereocenters. The first kappa shape index (κ1) is 16.9. The van der Waals surface area contributed by atoms with Gasteiger partial charge in [-0.1, -0.05) is 12.1 Å². The lowest BCUT2D eigenvalue weighted by Gasteiger charge is -2.32. The SMILES string of the molecule is Cc1nc([C@H]2CCCN(Cc3ccc4ncccc4c3)C2)[nH]c(=O)c1C. The van der Waals surface area contributed by atoms with E-state index in [-0.39, 0.29) is 11.5 Å². The van der Waals surface area contributed by atoms with Crippen LogP contribution in [0.2, 0.25) is 0 Å². The van der Waals surface area contributed by atoms with Crippen molar-refractivity contribution in [3.05, 3.63) is 69.5 Å². The Morgan fingerprint density at radius 2 is 2.15 bits per heavy atom. The van der Waals surface area contributed by atoms with Crippen molar-refractivity contribution in [2.45, 2.75) is 39.2 Å². The van der Waals surface area contributed by atoms with E-state index in [2.05, 4.69) is 44.1 Å². The van der Waals surface area contributed by atoms with Crippen molar-refractivity contribution in [2.75, 3.05) is 13.1 Å². The zero-order valence-electron chi connectivity index (χ0n) is 15.3. The number of nitrogens with zero attached hydrogens (tertiary/aromatic N) is 3. The summed E-state index contributed by atoms with van der Waals surface area (Å²) >= 11 is 0. The lowest BCUT2D eigenvalue weighted by molar-refractivity contribution is 0.196. The summed E-state index contributed by atoms with van der Waals surface area (Å²) in [5, 5.41) is 1.18. The van der Waals surface area contributed by atoms with Gasteiger partial charge in [0, 0.05) is 41.8 Å². The van der Waals surface area contributed by atoms with Crippen LogP contribution in [0.15, 0.2) is 41.3 Å². The Kier molecular flexibility index (Phi) is 4.55. The highest BCUT2D eigenvalue weighted by Crippen LogP contribution is 2.26. The minimum atomic E-state index is -0.00773. The van der Waals surface area contributed by atoms with Crippen LogP contribution in [0, 0.1) is 13.8 Å². The number of benzene rings is 1. The number of fused-ring (bicyclic) bond motifs is 1. The summed E-state index contributed by atoms with van der Waals surface area (Å²) in [7, 11) is 0. The van der Waals surface area contributed by atoms with Crippen molar-refractivity contribution in [3.63, 3.8) is 0 Å². The van der Waals surface area contributed by atoms with E-state index in [9.17, 15) is 4.79 Å². The zero-order valence-corrected chi connectivity index (χ0v) is 15.3. The number of hydrogen-bond acceptors (Lipinski definition) is 4. The van der Waals surface area contributed by atoms with Crippen LogP contribution in [-0.2, 0) is 6.54 Å². The normalized spacial score (nSPS) is 18.3. The molecule has 1 aliphatic rings. The van der Waals surface area contributed by atoms with Crippen LogP contribution in [0.5, 0.6) is 0 Å². The highest BCUT2D eigenvalue weighted by molar-refractivity contribution is 5.78. The Labute approximate surface area is 153 Å². The molecule has 1 fully saturated rings. The van der Waals surface area contributed by atoms with Crippen molar-refractivity contribution in [1.29, 1.82) is 0 Å². The van der Waals surface area contributed by atoms with Gasteiger partial charge in [-0.05, 0) is 57.0 Å². The van der Waals surface area contributed by atoms with Crippen LogP contribution in [0.4, 0.5) is 0 Å². The molecule has 5 heteroatoms. The molecular formula is C21H24N4O. The number of piperidine rings is 1. The topological polar surface area (TPSA) is 61.9 Å². The molecule has 4 rings (SSSR count). The summed E-state index contributed by atoms with van der Waals surface area (Å²) in [5.74, 6) is 1.13. The average molecular weight is 348 g/mol. The highest BCUT2D eigenvalue weighted by atomic mass is 16.1. The molecule has 3 heterocycles. The van der Waals surface area contributed by atoms with Gasteiger partial charge >= 0.3 is 0 Å². The minimum absolute atomic E-state index is 0.00773. The fraction of sp³-hybridized carbons (Fsp3) is 0.381. The van der Waals surface area contributed by atoms with Crippen LogP contribution in [0.25, 0.3) is 10.9 Å². The third kappa shape index (κ3) is 3.40. The second kappa shape index (κ2) is 7.00. The summed E-state index contributed by atoms with van der Waals surface area (Å²) in [6.45, 7) is 6.66. The van der Waals surface area contributed by atoms with Crippen molar-refractivity contribution < 1.29 is 0 Å². The van der Waals surface area contributed by atoms with E-state index < -0.39 is 0 Å². The first-order valence-electron chi connectivity index (χ1n) is 9.23. The van der Waals surface area contributed by atoms with Crippen LogP contribution in [-0.4, -0.2) is 32.9 Å². The summed E-state index contributed by atoms with van der Waals surface area (Å²) in [6.07, 6.45) is 4.02. The van der Waals surface area contributed by atoms with E-state index in [1.807, 2.05) is 26.1 Å². The van der Waals surface area contributed by atoms with Gasteiger partial charge < -0.3 is 4.98 Å². The van der Waals surface area contributed by atoms with Gasteiger partial charge in [-0.25, -0.2) is 4.98 Å². The number of aryl methyl sites for hydroxylation is 1. The molecule has 1 N–H and O–H groups in total. The molecule has 0 spiro atoms. The van der Waals surface area contributed by atoms with Gasteiger partial charge in [0.15, 0.2) is 0 Å². The lowest BCUT2D eigenvalue weighted by atomic mass is 9.96. The first-order valence-corrected chi connectivity index (χ1v) is 9.23. The fourth-order valence-electron chi connectivity index (χ4n) is 3.76. The van der Waals surface area contributed by atoms with Crippen LogP contribution < -0.4 is 5.56 Å². The second-order valence-electron chi connectivity index (χ2n) is 7.27. The van der Waals surface area contributed by atoms with E-state index in [0.29, 0.717) is 5.56 Å². The molecule has 0 saturated carbocycles. The Hall–Kier alpha value is -2.53. The van der Waals surface area contributed by atoms with Crippen molar-refractivity contribution in [2.24, 2.45) is 0 Å². The summed E-state index contributed by atoms with van der Waals surface area (Å²) in [6, 6.07) is 10.6. The molecule has 1 aromatic carbocycles. The largest absolute Gasteiger partial charge is 0.310 e. The number of nitrogens with one attached hydrogen (secondary N) is 1. The molecule has 0 radical (unpaired) electrons. The molecule has 26 heavy (non-hydrogen) atoms. The van der Waals surface area contributed by atoms with Crippen LogP contribution >= 0.6 is 0 Å². The van der Waals surface area contributed by atoms with E-state index in [4.69, 9.17) is 0 Å². The fourth-order valence-corrected chi connectivity index (χ4v) is 3.76. The van der Waals surface area contributed by atoms with E-state index in [1.54, 1.807) is 0 Å². The van der Waals surface area contributed by atoms with Crippen molar-refractivity contribution >= 4 is 10.9 Å². The smallest absolute Gasteiger partial charge is 0.254 e. The number of pyridine rings is 1. The molecular weight excluding hydrogens is 324 g/mol. The standard InChI is InChI=1S/C21H24N4O/c1-14-15(2)23-20(24-21(14)26)18-6-4-10-25(13-18)12-16-7-8-19-17(11-16)5-3-9-22-19/h3,5,7-9,11,18H,4,6,10,12-13H2,1-2H3,(H,23,24,26)/t18-/m0/s1. The third-order valence-corrected chi connectivity index (χ3v) is 5.38. The maximum atomic E-state index is 12.1. The van der Waals surface area contributed by atoms with E-state index in [0.717, 1.165) is 49.5 Å². The van der Waals surface area contributed by atoms with Gasteiger partial charge in [0.2, 0.25) is 0 Å². The Bertz CT molecular complexity index is 995. The lowest BCUT2D eigenvalue weighted by Crippen LogP contribution is -2.35. The molecule has 5 nitrogen and oxygen atoms in total. The Morgan fingerprint density at radius 3 is 3.00 bits per heavy atom. The molecule has 1 saturated heterocycles. The molecule has 3 aromatic rings. The van der Waals surface area contributed by atoms with Crippen molar-refractivity contribution in [1.82, 2.24) is 19.9 Å². The van der Waals surface area contributed by atoms with Gasteiger partial charge in [0.1, 0.15) is 5.82 Å². The van der Waals surface area contributed by atoms with Gasteiger partial charge in [0.05, 0.1) is 5.52 Å². The minimum Gasteiger partial charge on any atom is -0.310 e. The number of likely N-dealkylation sites (tertiary alicyclic amines) is 1. The molecule has 0 bridgehead atoms. The van der Waals surface area contributed by atoms with Gasteiger partial charge in [-0.2, -0.15) is 0 Å². The summed E-state index contributed by atoms with van der Waals surface area (Å²) < 4.78 is 0. The molecule has 134 valence electrons. The highest BCUT2D eigenvalue weighted by Gasteiger charge is 2.24. The quantitative estimate of drug-likeness (QED) is 0.789. The predicted octanol–water partition coefficient (Wildman–Crippen LogP) is 3.31. The molecule has 0 amide bonds. The number of hydrogen-bond donors (Lipinski definition) is 1. The van der Waals surface area contributed by atoms with E-state index >= 15 is 0 Å². The first-order chi connectivity index (χ1) is 12.6. The summed E-state index contributed by atoms with van der Waals surface area (Å²) in [4.78, 5) is 26.6. The monoisotopic (exact) mass is 348 g/mol. The number of rotatable bonds is 3. The van der Waals surface area contributed by atoms with Gasteiger partial charge in [-0.3, -0.25) is 14.7 Å². The van der Waals surface area contributed by atoms with Crippen molar-refractivity contribution in [3.8, 4) is 0 Å². The van der Waals surface area contributed by atoms with Gasteiger partial charge in [-0.15, -0.1) is 0 Å². The van der Waals surface area contributed by atoms with Gasteiger partial charge in [0.25, 0.3) is 5.56 Å². The zero-order chi connectivity index (χ0) is 18.1. The Balaban J connectivity index is 1.52. The van der Waals surface area contributed by atoms with E-state index in [1.165, 1.54) is 10.9 Å². The average Bonchev–Trinajstić information content (AvgIpc) is 2.66. The molecule has 0 unspecified atom stereocenters. The van der Waals surface area contributed by atoms with Crippen LogP contribution in [0.3, 0.4) is 0 Å². The number of H-pyrrole nitrogens is 1. The second-order valence-corrected chi connectivity index (χ2v) is 7.27. The number of aromatic nitrogens is 3. The third-order valence-electron chi connectivity index (χ3n) is 5.38. The predicted molar refractivity (Wildman–Crippen MR) is 103 cm³/mol. The summed E-state index contributed by atoms with van der Waals surface area (Å²) in [5.41, 5.74) is 3.87. The number of aromatic amines is 1. The molecule has 1 aliphatic heterocycles. The molecule has 2 aromatic heterocycles. The van der Waals surface area contributed by atoms with Crippen LogP contribution in [0.1, 0.15) is 41.4 Å². The maximum Gasteiger partial charge on any atom is 0.254 e. The molecule has 0 aliphatic carbocycles. The Morgan fingerprint density at radius 1 is 1.27 bits per heavy atom. The maximum absolute atomic E-state index is 12.1.